The van der Waals surface area contributed by atoms with Gasteiger partial charge in [0, 0.05) is 6.04 Å². The summed E-state index contributed by atoms with van der Waals surface area (Å²) in [7, 11) is 0. The van der Waals surface area contributed by atoms with Crippen molar-refractivity contribution in [2.75, 3.05) is 0 Å². The van der Waals surface area contributed by atoms with E-state index in [1.54, 1.807) is 19.9 Å². The zero-order chi connectivity index (χ0) is 16.8. The highest BCUT2D eigenvalue weighted by atomic mass is 16.4. The van der Waals surface area contributed by atoms with Crippen molar-refractivity contribution in [3.05, 3.63) is 70.8 Å². The molecule has 1 aliphatic rings. The van der Waals surface area contributed by atoms with Gasteiger partial charge in [0.15, 0.2) is 0 Å². The summed E-state index contributed by atoms with van der Waals surface area (Å²) < 4.78 is 0. The van der Waals surface area contributed by atoms with Gasteiger partial charge in [-0.15, -0.1) is 0 Å². The summed E-state index contributed by atoms with van der Waals surface area (Å²) in [4.78, 5) is 23.0. The minimum atomic E-state index is -1.01. The van der Waals surface area contributed by atoms with E-state index < -0.39 is 5.97 Å². The lowest BCUT2D eigenvalue weighted by Gasteiger charge is -2.10. The number of carbonyl (C=O) groups is 2. The van der Waals surface area contributed by atoms with Gasteiger partial charge in [-0.3, -0.25) is 4.79 Å². The Morgan fingerprint density at radius 1 is 1.17 bits per heavy atom. The normalized spacial score (nSPS) is 12.8. The molecule has 0 unspecified atom stereocenters. The van der Waals surface area contributed by atoms with Crippen molar-refractivity contribution in [1.29, 1.82) is 0 Å². The summed E-state index contributed by atoms with van der Waals surface area (Å²) in [6.07, 6.45) is 2.00. The van der Waals surface area contributed by atoms with Crippen LogP contribution in [0.2, 0.25) is 0 Å². The lowest BCUT2D eigenvalue weighted by atomic mass is 9.97. The number of carboxylic acid groups (broad SMARTS) is 1. The Bertz CT molecular complexity index is 665. The minimum Gasteiger partial charge on any atom is -0.478 e. The Labute approximate surface area is 136 Å². The maximum absolute atomic E-state index is 11.9. The van der Waals surface area contributed by atoms with Crippen LogP contribution in [0, 0.1) is 26.0 Å². The molecular formula is C19H19NO3. The molecule has 0 saturated heterocycles. The predicted octanol–water partition coefficient (Wildman–Crippen LogP) is 3.18. The highest BCUT2D eigenvalue weighted by molar-refractivity contribution is 6.00. The second kappa shape index (κ2) is 7.58. The molecule has 0 heterocycles. The second-order valence-electron chi connectivity index (χ2n) is 5.48. The molecule has 1 saturated carbocycles. The number of carbonyl (C=O) groups excluding carboxylic acids is 1. The van der Waals surface area contributed by atoms with Crippen molar-refractivity contribution in [2.45, 2.75) is 32.7 Å². The first-order chi connectivity index (χ1) is 11.0. The van der Waals surface area contributed by atoms with Crippen LogP contribution >= 0.6 is 0 Å². The molecule has 1 fully saturated rings. The summed E-state index contributed by atoms with van der Waals surface area (Å²) in [5.41, 5.74) is 1.64. The van der Waals surface area contributed by atoms with Crippen LogP contribution in [-0.4, -0.2) is 23.0 Å². The van der Waals surface area contributed by atoms with E-state index in [4.69, 9.17) is 5.11 Å². The van der Waals surface area contributed by atoms with Crippen LogP contribution in [0.25, 0.3) is 0 Å². The van der Waals surface area contributed by atoms with Crippen molar-refractivity contribution >= 4 is 11.9 Å². The lowest BCUT2D eigenvalue weighted by Crippen LogP contribution is -2.27. The summed E-state index contributed by atoms with van der Waals surface area (Å²) in [5.74, 6) is -1.23. The molecule has 2 radical (unpaired) electrons. The molecule has 118 valence electrons. The van der Waals surface area contributed by atoms with Crippen LogP contribution in [0.1, 0.15) is 44.7 Å². The third-order valence-electron chi connectivity index (χ3n) is 3.54. The van der Waals surface area contributed by atoms with E-state index >= 15 is 0 Å². The van der Waals surface area contributed by atoms with E-state index in [2.05, 4.69) is 17.4 Å². The summed E-state index contributed by atoms with van der Waals surface area (Å²) in [5, 5.41) is 11.9. The first-order valence-electron chi connectivity index (χ1n) is 7.48. The van der Waals surface area contributed by atoms with Gasteiger partial charge in [-0.2, -0.15) is 0 Å². The van der Waals surface area contributed by atoms with Gasteiger partial charge in [-0.25, -0.2) is 4.79 Å². The van der Waals surface area contributed by atoms with Crippen LogP contribution in [0.5, 0.6) is 0 Å². The first kappa shape index (κ1) is 16.7. The molecule has 23 heavy (non-hydrogen) atoms. The standard InChI is InChI=1S/C13H14NO3.C6H5/c1-7-3-6-10(8(2)11(7)13(16)17)12(15)14-9-4-5-9;1-2-4-6-5-3-1/h3,9H,4-5H2,1-2H3,(H,14,15)(H,16,17);1-5H. The Hall–Kier alpha value is -2.62. The SMILES string of the molecule is Cc1c[c]c(C(=O)NC2CC2)c(C)c1C(=O)O.[c]1ccccc1. The predicted molar refractivity (Wildman–Crippen MR) is 87.5 cm³/mol. The van der Waals surface area contributed by atoms with E-state index in [-0.39, 0.29) is 17.5 Å². The monoisotopic (exact) mass is 309 g/mol. The van der Waals surface area contributed by atoms with Crippen LogP contribution in [0.15, 0.2) is 36.4 Å². The van der Waals surface area contributed by atoms with E-state index in [0.717, 1.165) is 12.8 Å². The molecule has 4 nitrogen and oxygen atoms in total. The highest BCUT2D eigenvalue weighted by Gasteiger charge is 2.25. The van der Waals surface area contributed by atoms with Crippen LogP contribution in [-0.2, 0) is 0 Å². The van der Waals surface area contributed by atoms with Crippen molar-refractivity contribution in [3.63, 3.8) is 0 Å². The molecule has 3 rings (SSSR count). The van der Waals surface area contributed by atoms with E-state index in [9.17, 15) is 9.59 Å². The smallest absolute Gasteiger partial charge is 0.336 e. The Morgan fingerprint density at radius 3 is 2.26 bits per heavy atom. The molecule has 0 atom stereocenters. The number of nitrogens with one attached hydrogen (secondary N) is 1. The molecule has 2 N–H and O–H groups in total. The fourth-order valence-corrected chi connectivity index (χ4v) is 2.17. The van der Waals surface area contributed by atoms with Gasteiger partial charge in [0.1, 0.15) is 0 Å². The topological polar surface area (TPSA) is 66.4 Å². The molecule has 1 aliphatic carbocycles. The average molecular weight is 309 g/mol. The quantitative estimate of drug-likeness (QED) is 0.915. The molecule has 2 aromatic rings. The number of hydrogen-bond donors (Lipinski definition) is 2. The number of carboxylic acids is 1. The fraction of sp³-hybridized carbons (Fsp3) is 0.263. The average Bonchev–Trinajstić information content (AvgIpc) is 3.33. The highest BCUT2D eigenvalue weighted by Crippen LogP contribution is 2.22. The molecule has 1 amide bonds. The van der Waals surface area contributed by atoms with Crippen LogP contribution in [0.4, 0.5) is 0 Å². The maximum Gasteiger partial charge on any atom is 0.336 e. The van der Waals surface area contributed by atoms with E-state index in [1.165, 1.54) is 0 Å². The van der Waals surface area contributed by atoms with E-state index in [0.29, 0.717) is 16.7 Å². The van der Waals surface area contributed by atoms with Gasteiger partial charge >= 0.3 is 5.97 Å². The molecule has 2 aromatic carbocycles. The number of benzene rings is 2. The lowest BCUT2D eigenvalue weighted by molar-refractivity contribution is 0.0695. The number of rotatable bonds is 3. The van der Waals surface area contributed by atoms with Crippen molar-refractivity contribution in [2.24, 2.45) is 0 Å². The maximum atomic E-state index is 11.9. The molecule has 0 spiro atoms. The Kier molecular flexibility index (Phi) is 5.52. The van der Waals surface area contributed by atoms with Gasteiger partial charge in [0.2, 0.25) is 0 Å². The summed E-state index contributed by atoms with van der Waals surface area (Å²) >= 11 is 0. The largest absolute Gasteiger partial charge is 0.478 e. The van der Waals surface area contributed by atoms with Gasteiger partial charge in [-0.1, -0.05) is 30.3 Å². The zero-order valence-electron chi connectivity index (χ0n) is 13.2. The molecule has 0 aliphatic heterocycles. The number of aryl methyl sites for hydroxylation is 1. The van der Waals surface area contributed by atoms with Crippen molar-refractivity contribution in [3.8, 4) is 0 Å². The Balaban J connectivity index is 0.000000268. The molecule has 0 aromatic heterocycles. The van der Waals surface area contributed by atoms with Gasteiger partial charge < -0.3 is 10.4 Å². The molecule has 4 heteroatoms. The van der Waals surface area contributed by atoms with Gasteiger partial charge in [-0.05, 0) is 56.0 Å². The third-order valence-corrected chi connectivity index (χ3v) is 3.54. The van der Waals surface area contributed by atoms with Gasteiger partial charge in [0.05, 0.1) is 11.1 Å². The van der Waals surface area contributed by atoms with Crippen molar-refractivity contribution < 1.29 is 14.7 Å². The van der Waals surface area contributed by atoms with Gasteiger partial charge in [0.25, 0.3) is 5.91 Å². The molecule has 0 bridgehead atoms. The number of amides is 1. The molecular weight excluding hydrogens is 290 g/mol. The second-order valence-corrected chi connectivity index (χ2v) is 5.48. The summed E-state index contributed by atoms with van der Waals surface area (Å²) in [6, 6.07) is 17.2. The number of aromatic carboxylic acids is 1. The minimum absolute atomic E-state index is 0.199. The van der Waals surface area contributed by atoms with Crippen LogP contribution < -0.4 is 5.32 Å². The first-order valence-corrected chi connectivity index (χ1v) is 7.48. The van der Waals surface area contributed by atoms with Crippen molar-refractivity contribution in [1.82, 2.24) is 5.32 Å². The van der Waals surface area contributed by atoms with Crippen LogP contribution in [0.3, 0.4) is 0 Å². The number of hydrogen-bond acceptors (Lipinski definition) is 2. The Morgan fingerprint density at radius 2 is 1.83 bits per heavy atom. The fourth-order valence-electron chi connectivity index (χ4n) is 2.17. The third kappa shape index (κ3) is 4.68. The zero-order valence-corrected chi connectivity index (χ0v) is 13.2. The van der Waals surface area contributed by atoms with E-state index in [1.807, 2.05) is 30.3 Å². The summed E-state index contributed by atoms with van der Waals surface area (Å²) in [6.45, 7) is 3.35.